The number of amides is 2. The van der Waals surface area contributed by atoms with Gasteiger partial charge in [-0.1, -0.05) is 33.8 Å². The molecule has 5 saturated heterocycles. The molecule has 0 radical (unpaired) electrons. The Hall–Kier alpha value is -4.54. The molecule has 1 spiro atoms. The van der Waals surface area contributed by atoms with Crippen molar-refractivity contribution in [2.24, 2.45) is 28.6 Å². The number of nitrogens with zero attached hydrogens (tertiary/aromatic N) is 7. The number of cyclic esters (lactones) is 1. The van der Waals surface area contributed by atoms with Gasteiger partial charge in [-0.15, -0.1) is 11.3 Å². The van der Waals surface area contributed by atoms with Crippen molar-refractivity contribution in [2.75, 3.05) is 95.8 Å². The number of methoxy groups -OCH3 is 1. The van der Waals surface area contributed by atoms with Gasteiger partial charge in [0.25, 0.3) is 5.91 Å². The van der Waals surface area contributed by atoms with Crippen molar-refractivity contribution in [3.05, 3.63) is 52.1 Å². The van der Waals surface area contributed by atoms with Crippen LogP contribution in [0.3, 0.4) is 0 Å². The Morgan fingerprint density at radius 1 is 1.00 bits per heavy atom. The number of sulfone groups is 1. The van der Waals surface area contributed by atoms with E-state index in [1.54, 1.807) is 7.11 Å². The Balaban J connectivity index is 1.00. The third kappa shape index (κ3) is 10.8. The predicted molar refractivity (Wildman–Crippen MR) is 298 cm³/mol. The summed E-state index contributed by atoms with van der Waals surface area (Å²) >= 11 is 1.45. The van der Waals surface area contributed by atoms with Gasteiger partial charge in [0.1, 0.15) is 17.1 Å². The number of likely N-dealkylation sites (tertiary alicyclic amines) is 1. The molecule has 78 heavy (non-hydrogen) atoms. The minimum atomic E-state index is -3.21. The van der Waals surface area contributed by atoms with E-state index in [2.05, 4.69) is 88.9 Å². The van der Waals surface area contributed by atoms with Gasteiger partial charge >= 0.3 is 5.97 Å². The quantitative estimate of drug-likeness (QED) is 0.153. The number of hydrazine groups is 1. The predicted octanol–water partition coefficient (Wildman–Crippen LogP) is 6.18. The van der Waals surface area contributed by atoms with Gasteiger partial charge in [-0.05, 0) is 93.9 Å². The van der Waals surface area contributed by atoms with E-state index >= 15 is 4.79 Å². The van der Waals surface area contributed by atoms with E-state index in [9.17, 15) is 18.0 Å². The number of aromatic nitrogens is 3. The summed E-state index contributed by atoms with van der Waals surface area (Å²) in [6, 6.07) is 6.97. The van der Waals surface area contributed by atoms with Crippen molar-refractivity contribution in [3.63, 3.8) is 0 Å². The number of carbonyl (C=O) groups is 3. The number of piperazine rings is 1. The molecule has 9 heterocycles. The first-order valence-corrected chi connectivity index (χ1v) is 31.5. The molecule has 8 aliphatic rings. The maximum absolute atomic E-state index is 15.3. The first kappa shape index (κ1) is 54.1. The first-order valence-electron chi connectivity index (χ1n) is 28.8. The number of benzene rings is 1. The number of ether oxygens (including phenoxy) is 4. The average molecular weight is 1110 g/mol. The Kier molecular flexibility index (Phi) is 14.8. The van der Waals surface area contributed by atoms with Crippen molar-refractivity contribution in [1.82, 2.24) is 40.1 Å². The second-order valence-corrected chi connectivity index (χ2v) is 28.0. The largest absolute Gasteiger partial charge is 0.464 e. The number of nitrogens with one attached hydrogen (secondary N) is 2. The SMILES string of the molecule is CO[C@@H](C)c1ncc(N2CCN(C3CC3)CC2)cc1-c1c2c3cc(ccc3n1CCOC1CCOCC1)-c1csc(n1)[C@@H](N1CC3(CCS(=O)(=O)C3)C1)[C@H](NC(=O)C1[C@@H](C)[C@H]1C)C(=O)N1CCC[C@H](N1)C(=O)OCC(C)(C)C2. The van der Waals surface area contributed by atoms with Gasteiger partial charge in [-0.3, -0.25) is 34.2 Å². The second kappa shape index (κ2) is 21.4. The van der Waals surface area contributed by atoms with E-state index in [1.165, 1.54) is 29.2 Å². The van der Waals surface area contributed by atoms with Crippen LogP contribution in [0.25, 0.3) is 33.4 Å². The van der Waals surface area contributed by atoms with Crippen LogP contribution in [0.4, 0.5) is 5.69 Å². The summed E-state index contributed by atoms with van der Waals surface area (Å²) in [5.41, 5.74) is 9.90. The van der Waals surface area contributed by atoms with Crippen LogP contribution in [0, 0.1) is 28.6 Å². The summed E-state index contributed by atoms with van der Waals surface area (Å²) in [5, 5.41) is 8.47. The van der Waals surface area contributed by atoms with Crippen molar-refractivity contribution >= 4 is 55.5 Å². The molecule has 2 amide bonds. The molecule has 2 N–H and O–H groups in total. The van der Waals surface area contributed by atoms with Crippen LogP contribution >= 0.6 is 11.3 Å². The number of rotatable bonds is 12. The molecule has 2 aliphatic carbocycles. The van der Waals surface area contributed by atoms with E-state index in [4.69, 9.17) is 28.9 Å². The molecule has 18 nitrogen and oxygen atoms in total. The fourth-order valence-electron chi connectivity index (χ4n) is 13.7. The Labute approximate surface area is 463 Å². The summed E-state index contributed by atoms with van der Waals surface area (Å²) in [7, 11) is -1.47. The summed E-state index contributed by atoms with van der Waals surface area (Å²) in [6.07, 6.45) is 8.15. The smallest absolute Gasteiger partial charge is 0.324 e. The number of hydrogen-bond donors (Lipinski definition) is 2. The van der Waals surface area contributed by atoms with Crippen LogP contribution in [-0.4, -0.2) is 171 Å². The number of pyridine rings is 1. The first-order chi connectivity index (χ1) is 37.5. The number of carbonyl (C=O) groups excluding carboxylic acids is 3. The van der Waals surface area contributed by atoms with Crippen LogP contribution in [0.2, 0.25) is 0 Å². The molecule has 3 aromatic heterocycles. The van der Waals surface area contributed by atoms with Crippen molar-refractivity contribution < 1.29 is 41.7 Å². The topological polar surface area (TPSA) is 190 Å². The summed E-state index contributed by atoms with van der Waals surface area (Å²) in [6.45, 7) is 18.0. The number of thiazole rings is 1. The zero-order chi connectivity index (χ0) is 54.3. The van der Waals surface area contributed by atoms with E-state index in [1.807, 2.05) is 11.6 Å². The molecule has 422 valence electrons. The molecule has 20 heteroatoms. The fraction of sp³-hybridized carbons (Fsp3) is 0.672. The lowest BCUT2D eigenvalue weighted by Crippen LogP contribution is -2.66. The molecule has 1 aromatic carbocycles. The van der Waals surface area contributed by atoms with Crippen LogP contribution in [0.5, 0.6) is 0 Å². The standard InChI is InChI=1S/C58H79N9O9S2/c1-35-36(2)48(35)53(68)61-50-52(65-31-58(32-65)15-25-78(71,72)34-58)54-60-46(30-77-54)38-9-12-47-42(26-38)44(28-57(4,5)33-76-56(70)45-8-7-16-67(62-45)55(50)69)51(66(47)21-24-75-41-13-22-74-23-14-41)43-27-40(29-59-49(43)37(3)73-6)64-19-17-63(18-20-64)39-10-11-39/h9,12,26-27,29-30,35-37,39,41,45,48,50,52,62H,7-8,10-11,13-25,28,31-34H2,1-6H3,(H,61,68)/t35-,36+,37-,45-,48?,50-,52-/m0/s1. The maximum Gasteiger partial charge on any atom is 0.324 e. The van der Waals surface area contributed by atoms with Gasteiger partial charge in [0.05, 0.1) is 71.9 Å². The molecule has 2 saturated carbocycles. The normalized spacial score (nSPS) is 29.1. The van der Waals surface area contributed by atoms with Gasteiger partial charge in [0, 0.05) is 123 Å². The number of hydrogen-bond acceptors (Lipinski definition) is 16. The zero-order valence-corrected chi connectivity index (χ0v) is 48.0. The van der Waals surface area contributed by atoms with Crippen LogP contribution in [0.15, 0.2) is 35.8 Å². The molecule has 12 rings (SSSR count). The molecular formula is C58H79N9O9S2. The molecule has 1 unspecified atom stereocenters. The van der Waals surface area contributed by atoms with Crippen molar-refractivity contribution in [2.45, 2.75) is 129 Å². The average Bonchev–Trinajstić information content (AvgIpc) is 4.40. The highest BCUT2D eigenvalue weighted by molar-refractivity contribution is 7.91. The van der Waals surface area contributed by atoms with Crippen LogP contribution in [-0.2, 0) is 56.1 Å². The van der Waals surface area contributed by atoms with Gasteiger partial charge in [-0.25, -0.2) is 18.8 Å². The van der Waals surface area contributed by atoms with Crippen molar-refractivity contribution in [1.29, 1.82) is 0 Å². The van der Waals surface area contributed by atoms with Crippen LogP contribution < -0.4 is 15.6 Å². The molecule has 4 aromatic rings. The lowest BCUT2D eigenvalue weighted by atomic mass is 9.78. The van der Waals surface area contributed by atoms with Gasteiger partial charge < -0.3 is 33.7 Å². The summed E-state index contributed by atoms with van der Waals surface area (Å²) < 4.78 is 53.1. The highest BCUT2D eigenvalue weighted by atomic mass is 32.2. The number of fused-ring (bicyclic) bond motifs is 6. The summed E-state index contributed by atoms with van der Waals surface area (Å²) in [5.74, 6) is -0.695. The van der Waals surface area contributed by atoms with Gasteiger partial charge in [0.2, 0.25) is 5.91 Å². The van der Waals surface area contributed by atoms with Gasteiger partial charge in [0.15, 0.2) is 9.84 Å². The molecule has 6 aliphatic heterocycles. The Morgan fingerprint density at radius 3 is 2.47 bits per heavy atom. The molecular weight excluding hydrogens is 1030 g/mol. The molecule has 7 fully saturated rings. The van der Waals surface area contributed by atoms with E-state index in [0.717, 1.165) is 89.4 Å². The monoisotopic (exact) mass is 1110 g/mol. The third-order valence-corrected chi connectivity index (χ3v) is 21.5. The molecule has 7 atom stereocenters. The minimum Gasteiger partial charge on any atom is -0.464 e. The summed E-state index contributed by atoms with van der Waals surface area (Å²) in [4.78, 5) is 61.9. The Bertz CT molecular complexity index is 3020. The van der Waals surface area contributed by atoms with E-state index < -0.39 is 44.8 Å². The lowest BCUT2D eigenvalue weighted by Gasteiger charge is -2.52. The highest BCUT2D eigenvalue weighted by Gasteiger charge is 2.56. The third-order valence-electron chi connectivity index (χ3n) is 18.7. The lowest BCUT2D eigenvalue weighted by molar-refractivity contribution is -0.156. The number of esters is 1. The molecule has 6 bridgehead atoms. The van der Waals surface area contributed by atoms with Crippen molar-refractivity contribution in [3.8, 4) is 22.5 Å². The second-order valence-electron chi connectivity index (χ2n) is 24.9. The fourth-order valence-corrected chi connectivity index (χ4v) is 16.8. The zero-order valence-electron chi connectivity index (χ0n) is 46.3. The number of anilines is 1. The van der Waals surface area contributed by atoms with Crippen LogP contribution in [0.1, 0.15) is 108 Å². The highest BCUT2D eigenvalue weighted by Crippen LogP contribution is 2.49. The van der Waals surface area contributed by atoms with E-state index in [-0.39, 0.29) is 59.9 Å². The van der Waals surface area contributed by atoms with E-state index in [0.29, 0.717) is 82.7 Å². The Morgan fingerprint density at radius 2 is 1.77 bits per heavy atom. The minimum absolute atomic E-state index is 0.0952. The maximum atomic E-state index is 15.3. The van der Waals surface area contributed by atoms with Gasteiger partial charge in [-0.2, -0.15) is 0 Å².